The van der Waals surface area contributed by atoms with Gasteiger partial charge in [-0.2, -0.15) is 0 Å². The van der Waals surface area contributed by atoms with Crippen molar-refractivity contribution in [2.45, 2.75) is 51.1 Å². The van der Waals surface area contributed by atoms with Crippen LogP contribution in [-0.4, -0.2) is 51.7 Å². The molecule has 1 fully saturated rings. The zero-order valence-corrected chi connectivity index (χ0v) is 14.4. The number of hydroxylamine groups is 1. The van der Waals surface area contributed by atoms with Gasteiger partial charge in [0.15, 0.2) is 0 Å². The summed E-state index contributed by atoms with van der Waals surface area (Å²) in [7, 11) is 2.19. The molecule has 0 aromatic carbocycles. The molecule has 1 aromatic rings. The third-order valence-corrected chi connectivity index (χ3v) is 4.34. The maximum Gasteiger partial charge on any atom is 0.267 e. The first-order valence-electron chi connectivity index (χ1n) is 8.49. The summed E-state index contributed by atoms with van der Waals surface area (Å²) in [4.78, 5) is 21.9. The van der Waals surface area contributed by atoms with Crippen LogP contribution in [0.1, 0.15) is 44.7 Å². The average Bonchev–Trinajstić information content (AvgIpc) is 2.61. The minimum atomic E-state index is -0.599. The van der Waals surface area contributed by atoms with Gasteiger partial charge in [-0.1, -0.05) is 19.3 Å². The van der Waals surface area contributed by atoms with Gasteiger partial charge >= 0.3 is 0 Å². The summed E-state index contributed by atoms with van der Waals surface area (Å²) in [6.45, 7) is 3.10. The maximum atomic E-state index is 10.9. The monoisotopic (exact) mass is 333 g/mol. The summed E-state index contributed by atoms with van der Waals surface area (Å²) in [5.41, 5.74) is 2.08. The van der Waals surface area contributed by atoms with Crippen molar-refractivity contribution in [2.75, 3.05) is 18.9 Å². The number of carbonyl (C=O) groups excluding carboxylic acids is 1. The van der Waals surface area contributed by atoms with Gasteiger partial charge in [0.05, 0.1) is 18.1 Å². The van der Waals surface area contributed by atoms with E-state index in [9.17, 15) is 4.79 Å². The van der Waals surface area contributed by atoms with Crippen LogP contribution in [0.5, 0.6) is 0 Å². The second-order valence-electron chi connectivity index (χ2n) is 6.41. The number of rotatable bonds is 7. The SMILES string of the molecule is C[C@H](CN(C)C1CCCCC1)Nc1cnc(/C=C/C(=O)NO)cn1. The van der Waals surface area contributed by atoms with Crippen LogP contribution in [0.15, 0.2) is 18.5 Å². The van der Waals surface area contributed by atoms with Gasteiger partial charge in [0.25, 0.3) is 5.91 Å². The molecule has 0 saturated heterocycles. The van der Waals surface area contributed by atoms with E-state index in [2.05, 4.69) is 34.2 Å². The number of carbonyl (C=O) groups is 1. The first-order valence-corrected chi connectivity index (χ1v) is 8.49. The summed E-state index contributed by atoms with van der Waals surface area (Å²) in [6, 6.07) is 0.965. The first-order chi connectivity index (χ1) is 11.6. The fourth-order valence-corrected chi connectivity index (χ4v) is 3.10. The average molecular weight is 333 g/mol. The minimum absolute atomic E-state index is 0.271. The molecule has 7 heteroatoms. The van der Waals surface area contributed by atoms with Crippen LogP contribution in [0.4, 0.5) is 5.82 Å². The van der Waals surface area contributed by atoms with Gasteiger partial charge in [0.2, 0.25) is 0 Å². The number of aromatic nitrogens is 2. The molecular formula is C17H27N5O2. The molecule has 1 heterocycles. The van der Waals surface area contributed by atoms with Crippen molar-refractivity contribution in [3.05, 3.63) is 24.2 Å². The number of likely N-dealkylation sites (N-methyl/N-ethyl adjacent to an activating group) is 1. The molecule has 1 aliphatic carbocycles. The van der Waals surface area contributed by atoms with E-state index in [0.717, 1.165) is 6.54 Å². The van der Waals surface area contributed by atoms with Gasteiger partial charge in [-0.05, 0) is 32.9 Å². The Bertz CT molecular complexity index is 540. The van der Waals surface area contributed by atoms with E-state index >= 15 is 0 Å². The number of anilines is 1. The predicted octanol–water partition coefficient (Wildman–Crippen LogP) is 2.06. The van der Waals surface area contributed by atoms with Crippen molar-refractivity contribution in [1.29, 1.82) is 0 Å². The van der Waals surface area contributed by atoms with E-state index in [1.807, 2.05) is 0 Å². The van der Waals surface area contributed by atoms with Crippen LogP contribution in [-0.2, 0) is 4.79 Å². The van der Waals surface area contributed by atoms with Gasteiger partial charge in [0, 0.05) is 24.7 Å². The highest BCUT2D eigenvalue weighted by Crippen LogP contribution is 2.21. The standard InChI is InChI=1S/C17H27N5O2/c1-13(12-22(2)15-6-4-3-5-7-15)20-16-11-18-14(10-19-16)8-9-17(23)21-24/h8-11,13,15,24H,3-7,12H2,1-2H3,(H,19,20)(H,21,23)/b9-8+/t13-/m1/s1. The first kappa shape index (κ1) is 18.4. The van der Waals surface area contributed by atoms with E-state index in [-0.39, 0.29) is 6.04 Å². The zero-order chi connectivity index (χ0) is 17.4. The molecule has 1 amide bonds. The quantitative estimate of drug-likeness (QED) is 0.402. The normalized spacial score (nSPS) is 17.2. The second-order valence-corrected chi connectivity index (χ2v) is 6.41. The predicted molar refractivity (Wildman–Crippen MR) is 93.6 cm³/mol. The Balaban J connectivity index is 1.81. The lowest BCUT2D eigenvalue weighted by atomic mass is 9.94. The Morgan fingerprint density at radius 1 is 1.38 bits per heavy atom. The topological polar surface area (TPSA) is 90.4 Å². The maximum absolute atomic E-state index is 10.9. The summed E-state index contributed by atoms with van der Waals surface area (Å²) in [6.07, 6.45) is 12.6. The van der Waals surface area contributed by atoms with Crippen LogP contribution < -0.4 is 10.8 Å². The fraction of sp³-hybridized carbons (Fsp3) is 0.588. The number of nitrogens with zero attached hydrogens (tertiary/aromatic N) is 3. The van der Waals surface area contributed by atoms with Crippen molar-refractivity contribution in [2.24, 2.45) is 0 Å². The van der Waals surface area contributed by atoms with Crippen molar-refractivity contribution < 1.29 is 10.0 Å². The Kier molecular flexibility index (Phi) is 7.14. The van der Waals surface area contributed by atoms with Gasteiger partial charge in [0.1, 0.15) is 5.82 Å². The Labute approximate surface area is 143 Å². The Hall–Kier alpha value is -1.99. The highest BCUT2D eigenvalue weighted by molar-refractivity contribution is 5.90. The van der Waals surface area contributed by atoms with E-state index in [1.54, 1.807) is 12.4 Å². The van der Waals surface area contributed by atoms with Crippen LogP contribution in [0.3, 0.4) is 0 Å². The third-order valence-electron chi connectivity index (χ3n) is 4.34. The summed E-state index contributed by atoms with van der Waals surface area (Å²) >= 11 is 0. The Morgan fingerprint density at radius 2 is 2.12 bits per heavy atom. The fourth-order valence-electron chi connectivity index (χ4n) is 3.10. The van der Waals surface area contributed by atoms with Gasteiger partial charge in [-0.3, -0.25) is 15.0 Å². The number of amides is 1. The Morgan fingerprint density at radius 3 is 2.75 bits per heavy atom. The number of hydrogen-bond donors (Lipinski definition) is 3. The van der Waals surface area contributed by atoms with E-state index in [0.29, 0.717) is 17.6 Å². The van der Waals surface area contributed by atoms with Crippen molar-refractivity contribution in [1.82, 2.24) is 20.3 Å². The number of hydrogen-bond acceptors (Lipinski definition) is 6. The molecule has 24 heavy (non-hydrogen) atoms. The molecule has 1 saturated carbocycles. The van der Waals surface area contributed by atoms with E-state index in [1.165, 1.54) is 49.7 Å². The smallest absolute Gasteiger partial charge is 0.267 e. The molecule has 3 N–H and O–H groups in total. The van der Waals surface area contributed by atoms with Crippen molar-refractivity contribution in [3.8, 4) is 0 Å². The largest absolute Gasteiger partial charge is 0.365 e. The zero-order valence-electron chi connectivity index (χ0n) is 14.4. The van der Waals surface area contributed by atoms with E-state index < -0.39 is 5.91 Å². The van der Waals surface area contributed by atoms with Crippen LogP contribution in [0, 0.1) is 0 Å². The molecule has 1 atom stereocenters. The second kappa shape index (κ2) is 9.34. The lowest BCUT2D eigenvalue weighted by molar-refractivity contribution is -0.124. The molecule has 7 nitrogen and oxygen atoms in total. The highest BCUT2D eigenvalue weighted by atomic mass is 16.5. The molecule has 0 spiro atoms. The minimum Gasteiger partial charge on any atom is -0.365 e. The van der Waals surface area contributed by atoms with Crippen molar-refractivity contribution in [3.63, 3.8) is 0 Å². The van der Waals surface area contributed by atoms with Crippen molar-refractivity contribution >= 4 is 17.8 Å². The van der Waals surface area contributed by atoms with Crippen LogP contribution in [0.25, 0.3) is 6.08 Å². The van der Waals surface area contributed by atoms with Gasteiger partial charge < -0.3 is 10.2 Å². The molecule has 0 bridgehead atoms. The van der Waals surface area contributed by atoms with Gasteiger partial charge in [-0.15, -0.1) is 0 Å². The van der Waals surface area contributed by atoms with E-state index in [4.69, 9.17) is 5.21 Å². The molecule has 2 rings (SSSR count). The van der Waals surface area contributed by atoms with Crippen LogP contribution in [0.2, 0.25) is 0 Å². The van der Waals surface area contributed by atoms with Crippen LogP contribution >= 0.6 is 0 Å². The molecule has 1 aromatic heterocycles. The summed E-state index contributed by atoms with van der Waals surface area (Å²) < 4.78 is 0. The molecule has 0 unspecified atom stereocenters. The third kappa shape index (κ3) is 5.90. The molecule has 132 valence electrons. The lowest BCUT2D eigenvalue weighted by Gasteiger charge is -2.33. The number of nitrogens with one attached hydrogen (secondary N) is 2. The highest BCUT2D eigenvalue weighted by Gasteiger charge is 2.19. The molecule has 0 radical (unpaired) electrons. The molecule has 0 aliphatic heterocycles. The molecular weight excluding hydrogens is 306 g/mol. The summed E-state index contributed by atoms with van der Waals surface area (Å²) in [5, 5.41) is 11.8. The summed E-state index contributed by atoms with van der Waals surface area (Å²) in [5.74, 6) is 0.113. The molecule has 1 aliphatic rings. The van der Waals surface area contributed by atoms with Gasteiger partial charge in [-0.25, -0.2) is 10.5 Å². The lowest BCUT2D eigenvalue weighted by Crippen LogP contribution is -2.40.